The highest BCUT2D eigenvalue weighted by Gasteiger charge is 2.16. The first-order valence-corrected chi connectivity index (χ1v) is 10.5. The summed E-state index contributed by atoms with van der Waals surface area (Å²) in [5.41, 5.74) is 0.867. The van der Waals surface area contributed by atoms with Gasteiger partial charge < -0.3 is 10.1 Å². The molecule has 0 fully saturated rings. The molecule has 3 rings (SSSR count). The second kappa shape index (κ2) is 10.3. The highest BCUT2D eigenvalue weighted by molar-refractivity contribution is 7.99. The monoisotopic (exact) mass is 471 g/mol. The minimum absolute atomic E-state index is 0.104. The number of rotatable bonds is 8. The summed E-state index contributed by atoms with van der Waals surface area (Å²) in [6, 6.07) is 8.82. The van der Waals surface area contributed by atoms with Gasteiger partial charge in [0, 0.05) is 23.9 Å². The molecular formula is C18H16Cl3N5O2S. The Hall–Kier alpha value is -1.84. The standard InChI is InChI=1S/C18H16Cl3N5O2S/c1-28-7-6-26-17(11-2-4-12(19)5-3-11)24-25-18(26)29-10-15(27)23-16-14(21)8-13(20)9-22-16/h2-5,8-9H,6-7,10H2,1H3,(H,22,23,27). The van der Waals surface area contributed by atoms with Gasteiger partial charge in [-0.1, -0.05) is 46.6 Å². The molecular weight excluding hydrogens is 457 g/mol. The van der Waals surface area contributed by atoms with Gasteiger partial charge in [0.05, 0.1) is 28.9 Å². The lowest BCUT2D eigenvalue weighted by Crippen LogP contribution is -2.16. The van der Waals surface area contributed by atoms with Crippen LogP contribution < -0.4 is 5.32 Å². The third-order valence-electron chi connectivity index (χ3n) is 3.74. The summed E-state index contributed by atoms with van der Waals surface area (Å²) >= 11 is 19.1. The third-order valence-corrected chi connectivity index (χ3v) is 5.45. The minimum Gasteiger partial charge on any atom is -0.383 e. The Morgan fingerprint density at radius 1 is 1.17 bits per heavy atom. The molecule has 3 aromatic rings. The molecule has 0 unspecified atom stereocenters. The number of nitrogens with one attached hydrogen (secondary N) is 1. The van der Waals surface area contributed by atoms with E-state index in [0.717, 1.165) is 5.56 Å². The Balaban J connectivity index is 1.72. The van der Waals surface area contributed by atoms with Crippen molar-refractivity contribution in [3.05, 3.63) is 51.6 Å². The van der Waals surface area contributed by atoms with Crippen molar-refractivity contribution in [1.29, 1.82) is 0 Å². The van der Waals surface area contributed by atoms with E-state index in [0.29, 0.717) is 34.2 Å². The lowest BCUT2D eigenvalue weighted by molar-refractivity contribution is -0.113. The van der Waals surface area contributed by atoms with Crippen LogP contribution in [-0.2, 0) is 16.1 Å². The number of carbonyl (C=O) groups is 1. The first-order chi connectivity index (χ1) is 14.0. The van der Waals surface area contributed by atoms with Gasteiger partial charge in [0.2, 0.25) is 5.91 Å². The van der Waals surface area contributed by atoms with Crippen molar-refractivity contribution in [3.8, 4) is 11.4 Å². The van der Waals surface area contributed by atoms with Gasteiger partial charge in [-0.25, -0.2) is 4.98 Å². The molecule has 1 amide bonds. The number of nitrogens with zero attached hydrogens (tertiary/aromatic N) is 4. The summed E-state index contributed by atoms with van der Waals surface area (Å²) < 4.78 is 7.09. The van der Waals surface area contributed by atoms with Crippen molar-refractivity contribution in [1.82, 2.24) is 19.7 Å². The predicted octanol–water partition coefficient (Wildman–Crippen LogP) is 4.68. The summed E-state index contributed by atoms with van der Waals surface area (Å²) in [6.07, 6.45) is 1.41. The lowest BCUT2D eigenvalue weighted by atomic mass is 10.2. The first-order valence-electron chi connectivity index (χ1n) is 8.39. The number of hydrogen-bond acceptors (Lipinski definition) is 6. The van der Waals surface area contributed by atoms with Crippen LogP contribution in [0.5, 0.6) is 0 Å². The zero-order valence-corrected chi connectivity index (χ0v) is 18.3. The van der Waals surface area contributed by atoms with Gasteiger partial charge >= 0.3 is 0 Å². The summed E-state index contributed by atoms with van der Waals surface area (Å²) in [7, 11) is 1.62. The second-order valence-electron chi connectivity index (χ2n) is 5.78. The van der Waals surface area contributed by atoms with Gasteiger partial charge in [-0.3, -0.25) is 9.36 Å². The average Bonchev–Trinajstić information content (AvgIpc) is 3.10. The van der Waals surface area contributed by atoms with E-state index in [1.807, 2.05) is 16.7 Å². The fourth-order valence-electron chi connectivity index (χ4n) is 2.40. The fourth-order valence-corrected chi connectivity index (χ4v) is 3.71. The Bertz CT molecular complexity index is 998. The average molecular weight is 473 g/mol. The van der Waals surface area contributed by atoms with E-state index in [1.54, 1.807) is 19.2 Å². The number of thioether (sulfide) groups is 1. The van der Waals surface area contributed by atoms with E-state index in [4.69, 9.17) is 39.5 Å². The van der Waals surface area contributed by atoms with E-state index >= 15 is 0 Å². The van der Waals surface area contributed by atoms with Crippen LogP contribution >= 0.6 is 46.6 Å². The van der Waals surface area contributed by atoms with E-state index < -0.39 is 0 Å². The summed E-state index contributed by atoms with van der Waals surface area (Å²) in [6.45, 7) is 1.01. The van der Waals surface area contributed by atoms with Crippen molar-refractivity contribution in [2.45, 2.75) is 11.7 Å². The molecule has 0 saturated carbocycles. The molecule has 7 nitrogen and oxygen atoms in total. The van der Waals surface area contributed by atoms with Gasteiger partial charge in [0.15, 0.2) is 16.8 Å². The molecule has 0 aliphatic heterocycles. The van der Waals surface area contributed by atoms with Crippen LogP contribution in [0.3, 0.4) is 0 Å². The Morgan fingerprint density at radius 2 is 1.93 bits per heavy atom. The number of methoxy groups -OCH3 is 1. The van der Waals surface area contributed by atoms with Crippen LogP contribution in [-0.4, -0.2) is 45.1 Å². The maximum Gasteiger partial charge on any atom is 0.236 e. The number of amides is 1. The molecule has 1 N–H and O–H groups in total. The Morgan fingerprint density at radius 3 is 2.62 bits per heavy atom. The first kappa shape index (κ1) is 21.9. The van der Waals surface area contributed by atoms with Crippen LogP contribution in [0.15, 0.2) is 41.7 Å². The number of halogens is 3. The summed E-state index contributed by atoms with van der Waals surface area (Å²) in [5, 5.41) is 13.0. The maximum atomic E-state index is 12.3. The number of anilines is 1. The van der Waals surface area contributed by atoms with Crippen molar-refractivity contribution in [2.75, 3.05) is 24.8 Å². The Labute approximate surface area is 186 Å². The van der Waals surface area contributed by atoms with Gasteiger partial charge in [0.1, 0.15) is 0 Å². The molecule has 0 aliphatic rings. The topological polar surface area (TPSA) is 81.9 Å². The molecule has 0 bridgehead atoms. The second-order valence-corrected chi connectivity index (χ2v) is 8.00. The SMILES string of the molecule is COCCn1c(SCC(=O)Nc2ncc(Cl)cc2Cl)nnc1-c1ccc(Cl)cc1. The van der Waals surface area contributed by atoms with Gasteiger partial charge in [-0.05, 0) is 30.3 Å². The molecule has 29 heavy (non-hydrogen) atoms. The van der Waals surface area contributed by atoms with Crippen LogP contribution in [0.4, 0.5) is 5.82 Å². The van der Waals surface area contributed by atoms with Crippen LogP contribution in [0, 0.1) is 0 Å². The van der Waals surface area contributed by atoms with E-state index in [-0.39, 0.29) is 22.5 Å². The van der Waals surface area contributed by atoms with Crippen LogP contribution in [0.2, 0.25) is 15.1 Å². The summed E-state index contributed by atoms with van der Waals surface area (Å²) in [5.74, 6) is 0.751. The maximum absolute atomic E-state index is 12.3. The molecule has 11 heteroatoms. The highest BCUT2D eigenvalue weighted by Crippen LogP contribution is 2.26. The molecule has 2 aromatic heterocycles. The van der Waals surface area contributed by atoms with Crippen LogP contribution in [0.1, 0.15) is 0 Å². The predicted molar refractivity (Wildman–Crippen MR) is 116 cm³/mol. The molecule has 152 valence electrons. The quantitative estimate of drug-likeness (QED) is 0.479. The zero-order valence-electron chi connectivity index (χ0n) is 15.2. The molecule has 0 spiro atoms. The van der Waals surface area contributed by atoms with Crippen LogP contribution in [0.25, 0.3) is 11.4 Å². The Kier molecular flexibility index (Phi) is 7.74. The summed E-state index contributed by atoms with van der Waals surface area (Å²) in [4.78, 5) is 16.3. The largest absolute Gasteiger partial charge is 0.383 e. The van der Waals surface area contributed by atoms with Crippen molar-refractivity contribution < 1.29 is 9.53 Å². The lowest BCUT2D eigenvalue weighted by Gasteiger charge is -2.10. The van der Waals surface area contributed by atoms with E-state index in [9.17, 15) is 4.79 Å². The molecule has 0 radical (unpaired) electrons. The molecule has 1 aromatic carbocycles. The van der Waals surface area contributed by atoms with Gasteiger partial charge in [-0.15, -0.1) is 10.2 Å². The third kappa shape index (κ3) is 5.83. The number of ether oxygens (including phenoxy) is 1. The van der Waals surface area contributed by atoms with Crippen molar-refractivity contribution in [3.63, 3.8) is 0 Å². The van der Waals surface area contributed by atoms with E-state index in [1.165, 1.54) is 24.0 Å². The van der Waals surface area contributed by atoms with Crippen molar-refractivity contribution >= 4 is 58.3 Å². The number of benzene rings is 1. The minimum atomic E-state index is -0.277. The normalized spacial score (nSPS) is 10.9. The number of aromatic nitrogens is 4. The molecule has 0 saturated heterocycles. The molecule has 0 atom stereocenters. The van der Waals surface area contributed by atoms with Crippen molar-refractivity contribution in [2.24, 2.45) is 0 Å². The smallest absolute Gasteiger partial charge is 0.236 e. The van der Waals surface area contributed by atoms with E-state index in [2.05, 4.69) is 20.5 Å². The zero-order chi connectivity index (χ0) is 20.8. The molecule has 2 heterocycles. The number of carbonyl (C=O) groups excluding carboxylic acids is 1. The van der Waals surface area contributed by atoms with Gasteiger partial charge in [0.25, 0.3) is 0 Å². The number of hydrogen-bond donors (Lipinski definition) is 1. The highest BCUT2D eigenvalue weighted by atomic mass is 35.5. The number of pyridine rings is 1. The molecule has 0 aliphatic carbocycles. The fraction of sp³-hybridized carbons (Fsp3) is 0.222. The van der Waals surface area contributed by atoms with Gasteiger partial charge in [-0.2, -0.15) is 0 Å².